The molecule has 7 heteroatoms. The Morgan fingerprint density at radius 3 is 1.78 bits per heavy atom. The van der Waals surface area contributed by atoms with Gasteiger partial charge in [-0.25, -0.2) is 14.4 Å². The number of ether oxygens (including phenoxy) is 1. The minimum Gasteiger partial charge on any atom is -0.479 e. The molecule has 0 aliphatic rings. The van der Waals surface area contributed by atoms with E-state index in [0.717, 1.165) is 18.2 Å². The van der Waals surface area contributed by atoms with E-state index < -0.39 is 24.0 Å². The molecule has 1 rings (SSSR count). The minimum atomic E-state index is -1.33. The average molecular weight is 254 g/mol. The number of aromatic carboxylic acids is 2. The molecule has 1 aromatic carbocycles. The topological polar surface area (TPSA) is 121 Å². The summed E-state index contributed by atoms with van der Waals surface area (Å²) in [6.07, 6.45) is -1.21. The van der Waals surface area contributed by atoms with Crippen molar-refractivity contribution < 1.29 is 34.4 Å². The molecule has 1 atom stereocenters. The largest absolute Gasteiger partial charge is 0.479 e. The molecule has 0 fully saturated rings. The highest BCUT2D eigenvalue weighted by molar-refractivity contribution is 5.94. The molecule has 0 saturated carbocycles. The van der Waals surface area contributed by atoms with Gasteiger partial charge in [0.1, 0.15) is 5.75 Å². The highest BCUT2D eigenvalue weighted by Crippen LogP contribution is 2.19. The van der Waals surface area contributed by atoms with Crippen LogP contribution in [0.3, 0.4) is 0 Å². The Hall–Kier alpha value is -2.57. The van der Waals surface area contributed by atoms with Crippen molar-refractivity contribution in [3.63, 3.8) is 0 Å². The normalized spacial score (nSPS) is 11.6. The monoisotopic (exact) mass is 254 g/mol. The molecule has 0 bridgehead atoms. The fourth-order valence-electron chi connectivity index (χ4n) is 1.17. The first-order valence-corrected chi connectivity index (χ1v) is 4.82. The predicted molar refractivity (Wildman–Crippen MR) is 58.1 cm³/mol. The van der Waals surface area contributed by atoms with Gasteiger partial charge in [0.15, 0.2) is 6.10 Å². The molecule has 0 spiro atoms. The number of rotatable bonds is 5. The van der Waals surface area contributed by atoms with Gasteiger partial charge in [0.25, 0.3) is 0 Å². The first kappa shape index (κ1) is 13.5. The van der Waals surface area contributed by atoms with Gasteiger partial charge in [-0.15, -0.1) is 0 Å². The summed E-state index contributed by atoms with van der Waals surface area (Å²) in [6, 6.07) is 3.09. The van der Waals surface area contributed by atoms with Crippen molar-refractivity contribution in [3.05, 3.63) is 29.3 Å². The molecule has 0 aliphatic heterocycles. The lowest BCUT2D eigenvalue weighted by molar-refractivity contribution is -0.144. The van der Waals surface area contributed by atoms with Crippen molar-refractivity contribution in [3.8, 4) is 5.75 Å². The molecule has 0 aromatic heterocycles. The molecule has 0 heterocycles. The molecule has 0 radical (unpaired) electrons. The lowest BCUT2D eigenvalue weighted by atomic mass is 10.1. The van der Waals surface area contributed by atoms with Gasteiger partial charge in [-0.05, 0) is 25.1 Å². The number of aliphatic carboxylic acids is 1. The number of hydrogen-bond acceptors (Lipinski definition) is 4. The fourth-order valence-corrected chi connectivity index (χ4v) is 1.17. The van der Waals surface area contributed by atoms with Crippen LogP contribution in [0.2, 0.25) is 0 Å². The van der Waals surface area contributed by atoms with Crippen molar-refractivity contribution in [1.29, 1.82) is 0 Å². The summed E-state index contributed by atoms with van der Waals surface area (Å²) in [6.45, 7) is 1.25. The van der Waals surface area contributed by atoms with E-state index >= 15 is 0 Å². The molecule has 0 unspecified atom stereocenters. The number of benzene rings is 1. The molecule has 7 nitrogen and oxygen atoms in total. The summed E-state index contributed by atoms with van der Waals surface area (Å²) in [5.41, 5.74) is -0.579. The maximum atomic E-state index is 10.8. The number of carbonyl (C=O) groups is 3. The Balaban J connectivity index is 3.15. The Morgan fingerprint density at radius 2 is 1.44 bits per heavy atom. The third-order valence-corrected chi connectivity index (χ3v) is 2.06. The van der Waals surface area contributed by atoms with Crippen molar-refractivity contribution >= 4 is 17.9 Å². The number of hydrogen-bond donors (Lipinski definition) is 3. The highest BCUT2D eigenvalue weighted by atomic mass is 16.5. The van der Waals surface area contributed by atoms with Crippen LogP contribution in [-0.2, 0) is 4.79 Å². The predicted octanol–water partition coefficient (Wildman–Crippen LogP) is 0.935. The van der Waals surface area contributed by atoms with E-state index in [-0.39, 0.29) is 16.9 Å². The summed E-state index contributed by atoms with van der Waals surface area (Å²) in [5.74, 6) is -4.02. The molecule has 18 heavy (non-hydrogen) atoms. The van der Waals surface area contributed by atoms with Crippen LogP contribution in [0.1, 0.15) is 27.6 Å². The highest BCUT2D eigenvalue weighted by Gasteiger charge is 2.16. The lowest BCUT2D eigenvalue weighted by Gasteiger charge is -2.11. The molecule has 3 N–H and O–H groups in total. The van der Waals surface area contributed by atoms with Crippen LogP contribution in [0.15, 0.2) is 18.2 Å². The first-order chi connectivity index (χ1) is 8.31. The lowest BCUT2D eigenvalue weighted by Crippen LogP contribution is -2.23. The summed E-state index contributed by atoms with van der Waals surface area (Å²) in [5, 5.41) is 26.2. The maximum absolute atomic E-state index is 10.8. The Morgan fingerprint density at radius 1 is 1.00 bits per heavy atom. The van der Waals surface area contributed by atoms with Gasteiger partial charge >= 0.3 is 17.9 Å². The minimum absolute atomic E-state index is 0.123. The molecule has 0 saturated heterocycles. The molecule has 0 aliphatic carbocycles. The van der Waals surface area contributed by atoms with E-state index in [0.29, 0.717) is 0 Å². The maximum Gasteiger partial charge on any atom is 0.344 e. The van der Waals surface area contributed by atoms with E-state index in [4.69, 9.17) is 20.1 Å². The van der Waals surface area contributed by atoms with Gasteiger partial charge in [0, 0.05) is 0 Å². The van der Waals surface area contributed by atoms with Crippen LogP contribution >= 0.6 is 0 Å². The standard InChI is InChI=1S/C11H10O7/c1-5(9(12)13)18-8-3-6(10(14)15)2-7(4-8)11(16)17/h2-5H,1H3,(H,12,13)(H,14,15)(H,16,17)/t5-/m1/s1. The third kappa shape index (κ3) is 3.21. The van der Waals surface area contributed by atoms with Crippen molar-refractivity contribution in [1.82, 2.24) is 0 Å². The fraction of sp³-hybridized carbons (Fsp3) is 0.182. The Kier molecular flexibility index (Phi) is 3.88. The smallest absolute Gasteiger partial charge is 0.344 e. The average Bonchev–Trinajstić information content (AvgIpc) is 2.28. The van der Waals surface area contributed by atoms with E-state index in [1.54, 1.807) is 0 Å². The van der Waals surface area contributed by atoms with E-state index in [1.807, 2.05) is 0 Å². The van der Waals surface area contributed by atoms with Gasteiger partial charge in [-0.3, -0.25) is 0 Å². The van der Waals surface area contributed by atoms with E-state index in [9.17, 15) is 14.4 Å². The van der Waals surface area contributed by atoms with Crippen LogP contribution in [0.5, 0.6) is 5.75 Å². The third-order valence-electron chi connectivity index (χ3n) is 2.06. The van der Waals surface area contributed by atoms with Crippen LogP contribution in [0.4, 0.5) is 0 Å². The van der Waals surface area contributed by atoms with Crippen molar-refractivity contribution in [2.45, 2.75) is 13.0 Å². The Bertz CT molecular complexity index is 474. The van der Waals surface area contributed by atoms with Crippen LogP contribution < -0.4 is 4.74 Å². The summed E-state index contributed by atoms with van der Waals surface area (Å²) in [7, 11) is 0. The molecule has 96 valence electrons. The van der Waals surface area contributed by atoms with Gasteiger partial charge in [-0.2, -0.15) is 0 Å². The Labute approximate surface area is 101 Å². The zero-order valence-electron chi connectivity index (χ0n) is 9.28. The van der Waals surface area contributed by atoms with Crippen LogP contribution in [0.25, 0.3) is 0 Å². The first-order valence-electron chi connectivity index (χ1n) is 4.82. The van der Waals surface area contributed by atoms with E-state index in [2.05, 4.69) is 0 Å². The SMILES string of the molecule is C[C@@H](Oc1cc(C(=O)O)cc(C(=O)O)c1)C(=O)O. The van der Waals surface area contributed by atoms with Gasteiger partial charge in [0.2, 0.25) is 0 Å². The molecule has 1 aromatic rings. The summed E-state index contributed by atoms with van der Waals surface area (Å²) < 4.78 is 4.93. The zero-order valence-corrected chi connectivity index (χ0v) is 9.28. The van der Waals surface area contributed by atoms with Crippen LogP contribution in [0, 0.1) is 0 Å². The quantitative estimate of drug-likeness (QED) is 0.714. The second-order valence-electron chi connectivity index (χ2n) is 3.45. The van der Waals surface area contributed by atoms with Gasteiger partial charge < -0.3 is 20.1 Å². The molecular weight excluding hydrogens is 244 g/mol. The van der Waals surface area contributed by atoms with Crippen molar-refractivity contribution in [2.24, 2.45) is 0 Å². The molecular formula is C11H10O7. The summed E-state index contributed by atoms with van der Waals surface area (Å²) >= 11 is 0. The van der Waals surface area contributed by atoms with Gasteiger partial charge in [-0.1, -0.05) is 0 Å². The summed E-state index contributed by atoms with van der Waals surface area (Å²) in [4.78, 5) is 32.1. The van der Waals surface area contributed by atoms with Crippen molar-refractivity contribution in [2.75, 3.05) is 0 Å². The second-order valence-corrected chi connectivity index (χ2v) is 3.45. The van der Waals surface area contributed by atoms with E-state index in [1.165, 1.54) is 6.92 Å². The number of carboxylic acids is 3. The number of carboxylic acid groups (broad SMARTS) is 3. The zero-order chi connectivity index (χ0) is 13.9. The second kappa shape index (κ2) is 5.17. The van der Waals surface area contributed by atoms with Crippen LogP contribution in [-0.4, -0.2) is 39.3 Å². The van der Waals surface area contributed by atoms with Gasteiger partial charge in [0.05, 0.1) is 11.1 Å². The molecule has 0 amide bonds.